The van der Waals surface area contributed by atoms with E-state index in [1.807, 2.05) is 23.1 Å². The van der Waals surface area contributed by atoms with Crippen LogP contribution in [-0.4, -0.2) is 61.4 Å². The minimum absolute atomic E-state index is 0.0137. The molecule has 31 heavy (non-hydrogen) atoms. The number of likely N-dealkylation sites (N-methyl/N-ethyl adjacent to an activating group) is 1. The van der Waals surface area contributed by atoms with E-state index in [4.69, 9.17) is 11.6 Å². The molecule has 6 nitrogen and oxygen atoms in total. The summed E-state index contributed by atoms with van der Waals surface area (Å²) in [6, 6.07) is 5.75. The summed E-state index contributed by atoms with van der Waals surface area (Å²) in [5.74, 6) is -0.125. The second kappa shape index (κ2) is 8.88. The largest absolute Gasteiger partial charge is 0.351 e. The highest BCUT2D eigenvalue weighted by molar-refractivity contribution is 14.1. The lowest BCUT2D eigenvalue weighted by Crippen LogP contribution is -2.47. The molecule has 2 amide bonds. The summed E-state index contributed by atoms with van der Waals surface area (Å²) >= 11 is 10.0. The summed E-state index contributed by atoms with van der Waals surface area (Å²) in [4.78, 5) is 31.3. The van der Waals surface area contributed by atoms with Crippen LogP contribution in [0.1, 0.15) is 39.4 Å². The fourth-order valence-electron chi connectivity index (χ4n) is 3.95. The number of nitrogens with zero attached hydrogens (tertiary/aromatic N) is 2. The van der Waals surface area contributed by atoms with Crippen molar-refractivity contribution < 1.29 is 9.59 Å². The Morgan fingerprint density at radius 2 is 1.97 bits per heavy atom. The molecule has 1 aromatic carbocycles. The van der Waals surface area contributed by atoms with E-state index < -0.39 is 0 Å². The molecule has 0 aliphatic carbocycles. The molecule has 2 aromatic rings. The maximum Gasteiger partial charge on any atom is 0.261 e. The number of carbonyl (C=O) groups is 2. The van der Waals surface area contributed by atoms with E-state index in [1.54, 1.807) is 0 Å². The molecule has 0 atom stereocenters. The smallest absolute Gasteiger partial charge is 0.261 e. The van der Waals surface area contributed by atoms with Crippen molar-refractivity contribution in [3.8, 4) is 0 Å². The highest BCUT2D eigenvalue weighted by Gasteiger charge is 2.36. The molecule has 166 valence electrons. The third-order valence-electron chi connectivity index (χ3n) is 5.78. The number of halogens is 2. The average Bonchev–Trinajstić information content (AvgIpc) is 3.00. The van der Waals surface area contributed by atoms with Gasteiger partial charge >= 0.3 is 0 Å². The van der Waals surface area contributed by atoms with Crippen molar-refractivity contribution in [2.75, 3.05) is 45.1 Å². The molecule has 1 saturated heterocycles. The van der Waals surface area contributed by atoms with Gasteiger partial charge in [-0.3, -0.25) is 9.59 Å². The van der Waals surface area contributed by atoms with Gasteiger partial charge in [0, 0.05) is 36.3 Å². The molecular formula is C22H26ClIN4O2S. The topological polar surface area (TPSA) is 64.7 Å². The van der Waals surface area contributed by atoms with Crippen LogP contribution in [0.3, 0.4) is 0 Å². The molecule has 9 heteroatoms. The highest BCUT2D eigenvalue weighted by Crippen LogP contribution is 2.42. The first-order valence-corrected chi connectivity index (χ1v) is 12.6. The zero-order valence-electron chi connectivity index (χ0n) is 17.8. The van der Waals surface area contributed by atoms with E-state index in [9.17, 15) is 9.59 Å². The second-order valence-electron chi connectivity index (χ2n) is 8.98. The van der Waals surface area contributed by atoms with Crippen molar-refractivity contribution in [3.63, 3.8) is 0 Å². The summed E-state index contributed by atoms with van der Waals surface area (Å²) in [6.07, 6.45) is 0.661. The number of benzene rings is 1. The Balaban J connectivity index is 1.79. The molecular weight excluding hydrogens is 547 g/mol. The number of carbonyl (C=O) groups excluding carboxylic acids is 2. The molecule has 0 bridgehead atoms. The van der Waals surface area contributed by atoms with Gasteiger partial charge in [-0.25, -0.2) is 0 Å². The molecule has 4 rings (SSSR count). The Labute approximate surface area is 205 Å². The van der Waals surface area contributed by atoms with Crippen LogP contribution in [0.2, 0.25) is 5.02 Å². The van der Waals surface area contributed by atoms with Gasteiger partial charge in [0.25, 0.3) is 11.8 Å². The van der Waals surface area contributed by atoms with Crippen LogP contribution in [0.4, 0.5) is 10.7 Å². The van der Waals surface area contributed by atoms with Gasteiger partial charge in [-0.05, 0) is 65.2 Å². The van der Waals surface area contributed by atoms with Crippen molar-refractivity contribution in [2.45, 2.75) is 20.3 Å². The van der Waals surface area contributed by atoms with Crippen LogP contribution >= 0.6 is 45.5 Å². The van der Waals surface area contributed by atoms with Crippen LogP contribution in [0.25, 0.3) is 0 Å². The van der Waals surface area contributed by atoms with E-state index in [2.05, 4.69) is 59.0 Å². The minimum Gasteiger partial charge on any atom is -0.351 e. The number of thiophene rings is 1. The lowest BCUT2D eigenvalue weighted by Gasteiger charge is -2.33. The third kappa shape index (κ3) is 4.86. The monoisotopic (exact) mass is 572 g/mol. The Hall–Kier alpha value is -1.36. The summed E-state index contributed by atoms with van der Waals surface area (Å²) < 4.78 is 1.03. The number of fused-ring (bicyclic) bond motifs is 1. The number of rotatable bonds is 3. The number of nitrogens with one attached hydrogen (secondary N) is 2. The molecule has 0 radical (unpaired) electrons. The first-order chi connectivity index (χ1) is 14.6. The molecule has 0 unspecified atom stereocenters. The van der Waals surface area contributed by atoms with E-state index in [-0.39, 0.29) is 17.2 Å². The fraction of sp³-hybridized carbons (Fsp3) is 0.455. The van der Waals surface area contributed by atoms with E-state index in [0.717, 1.165) is 27.9 Å². The Morgan fingerprint density at radius 3 is 2.65 bits per heavy atom. The van der Waals surface area contributed by atoms with Crippen molar-refractivity contribution in [2.24, 2.45) is 5.41 Å². The van der Waals surface area contributed by atoms with Crippen molar-refractivity contribution in [3.05, 3.63) is 42.8 Å². The van der Waals surface area contributed by atoms with Gasteiger partial charge < -0.3 is 20.4 Å². The molecule has 2 N–H and O–H groups in total. The molecule has 0 saturated carbocycles. The second-order valence-corrected chi connectivity index (χ2v) is 11.7. The van der Waals surface area contributed by atoms with Gasteiger partial charge in [-0.2, -0.15) is 0 Å². The van der Waals surface area contributed by atoms with Gasteiger partial charge in [0.15, 0.2) is 0 Å². The fourth-order valence-corrected chi connectivity index (χ4v) is 6.00. The molecule has 0 spiro atoms. The number of amides is 2. The number of hydrogen-bond acceptors (Lipinski definition) is 5. The summed E-state index contributed by atoms with van der Waals surface area (Å²) in [6.45, 7) is 7.87. The summed E-state index contributed by atoms with van der Waals surface area (Å²) in [7, 11) is 2.07. The Kier molecular flexibility index (Phi) is 6.54. The minimum atomic E-state index is -0.142. The Morgan fingerprint density at radius 1 is 1.26 bits per heavy atom. The van der Waals surface area contributed by atoms with Gasteiger partial charge in [-0.15, -0.1) is 11.3 Å². The first-order valence-electron chi connectivity index (χ1n) is 10.3. The lowest BCUT2D eigenvalue weighted by atomic mass is 9.85. The predicted octanol–water partition coefficient (Wildman–Crippen LogP) is 4.45. The lowest BCUT2D eigenvalue weighted by molar-refractivity contribution is 0.0664. The van der Waals surface area contributed by atoms with Gasteiger partial charge in [-0.1, -0.05) is 25.4 Å². The third-order valence-corrected chi connectivity index (χ3v) is 7.91. The van der Waals surface area contributed by atoms with Crippen LogP contribution in [-0.2, 0) is 6.42 Å². The quantitative estimate of drug-likeness (QED) is 0.534. The van der Waals surface area contributed by atoms with Gasteiger partial charge in [0.05, 0.1) is 21.2 Å². The first kappa shape index (κ1) is 22.8. The van der Waals surface area contributed by atoms with Gasteiger partial charge in [0.1, 0.15) is 5.00 Å². The van der Waals surface area contributed by atoms with Crippen LogP contribution in [0.15, 0.2) is 18.2 Å². The molecule has 2 aliphatic heterocycles. The van der Waals surface area contributed by atoms with Crippen molar-refractivity contribution >= 4 is 68.0 Å². The summed E-state index contributed by atoms with van der Waals surface area (Å²) in [5.41, 5.74) is 2.05. The zero-order valence-corrected chi connectivity index (χ0v) is 21.6. The molecule has 2 aliphatic rings. The Bertz CT molecular complexity index is 1030. The standard InChI is InChI=1S/C22H26ClIN4O2S/c1-22(2)11-14-17(21(30)28-8-6-27(3)7-9-28)20(31-18(14)19(29)25-12-22)26-16-5-4-13(24)10-15(16)23/h4-5,10,26H,6-9,11-12H2,1-3H3,(H,25,29). The molecule has 1 fully saturated rings. The van der Waals surface area contributed by atoms with E-state index in [1.165, 1.54) is 11.3 Å². The summed E-state index contributed by atoms with van der Waals surface area (Å²) in [5, 5.41) is 7.66. The predicted molar refractivity (Wildman–Crippen MR) is 135 cm³/mol. The average molecular weight is 573 g/mol. The van der Waals surface area contributed by atoms with E-state index >= 15 is 0 Å². The normalized spacial score (nSPS) is 18.9. The van der Waals surface area contributed by atoms with Crippen LogP contribution in [0.5, 0.6) is 0 Å². The highest BCUT2D eigenvalue weighted by atomic mass is 127. The molecule has 3 heterocycles. The molecule has 1 aromatic heterocycles. The van der Waals surface area contributed by atoms with Crippen LogP contribution in [0, 0.1) is 8.99 Å². The van der Waals surface area contributed by atoms with Crippen molar-refractivity contribution in [1.29, 1.82) is 0 Å². The maximum atomic E-state index is 13.7. The number of hydrogen-bond donors (Lipinski definition) is 2. The van der Waals surface area contributed by atoms with Gasteiger partial charge in [0.2, 0.25) is 0 Å². The zero-order chi connectivity index (χ0) is 22.3. The number of piperazine rings is 1. The van der Waals surface area contributed by atoms with E-state index in [0.29, 0.717) is 46.5 Å². The maximum absolute atomic E-state index is 13.7. The van der Waals surface area contributed by atoms with Crippen molar-refractivity contribution in [1.82, 2.24) is 15.1 Å². The number of anilines is 2. The van der Waals surface area contributed by atoms with Crippen LogP contribution < -0.4 is 10.6 Å². The SMILES string of the molecule is CN1CCN(C(=O)c2c(Nc3ccc(I)cc3Cl)sc3c2CC(C)(C)CNC3=O)CC1.